The minimum absolute atomic E-state index is 0.248. The molecule has 0 aliphatic rings. The first-order valence-corrected chi connectivity index (χ1v) is 8.71. The van der Waals surface area contributed by atoms with Crippen LogP contribution in [-0.4, -0.2) is 29.8 Å². The summed E-state index contributed by atoms with van der Waals surface area (Å²) in [5.41, 5.74) is 0.741. The van der Waals surface area contributed by atoms with Crippen LogP contribution in [0.1, 0.15) is 52.5 Å². The Labute approximate surface area is 145 Å². The highest BCUT2D eigenvalue weighted by molar-refractivity contribution is 5.76. The van der Waals surface area contributed by atoms with E-state index < -0.39 is 12.1 Å². The van der Waals surface area contributed by atoms with Crippen LogP contribution in [0, 0.1) is 0 Å². The van der Waals surface area contributed by atoms with E-state index in [0.717, 1.165) is 18.4 Å². The monoisotopic (exact) mass is 333 g/mol. The summed E-state index contributed by atoms with van der Waals surface area (Å²) in [5, 5.41) is 12.8. The van der Waals surface area contributed by atoms with Crippen LogP contribution in [-0.2, 0) is 15.1 Å². The van der Waals surface area contributed by atoms with E-state index in [4.69, 9.17) is 4.74 Å². The molecule has 2 N–H and O–H groups in total. The number of hydrogen-bond donors (Lipinski definition) is 2. The van der Waals surface area contributed by atoms with Gasteiger partial charge in [0.25, 0.3) is 0 Å². The number of esters is 1. The molecular weight excluding hydrogens is 302 g/mol. The van der Waals surface area contributed by atoms with Crippen molar-refractivity contribution in [2.45, 2.75) is 64.6 Å². The van der Waals surface area contributed by atoms with Crippen molar-refractivity contribution >= 4 is 5.97 Å². The minimum Gasteiger partial charge on any atom is -0.465 e. The largest absolute Gasteiger partial charge is 0.465 e. The number of carbonyl (C=O) groups excluding carboxylic acids is 1. The van der Waals surface area contributed by atoms with Gasteiger partial charge in [0.2, 0.25) is 0 Å². The molecular formula is C20H31NO3. The normalized spacial score (nSPS) is 14.5. The van der Waals surface area contributed by atoms with Crippen molar-refractivity contribution in [2.75, 3.05) is 6.61 Å². The number of aliphatic hydroxyl groups is 1. The summed E-state index contributed by atoms with van der Waals surface area (Å²) in [6.45, 7) is 8.29. The molecule has 0 unspecified atom stereocenters. The van der Waals surface area contributed by atoms with E-state index in [9.17, 15) is 9.90 Å². The van der Waals surface area contributed by atoms with Gasteiger partial charge in [-0.15, -0.1) is 0 Å². The van der Waals surface area contributed by atoms with Gasteiger partial charge in [0.05, 0.1) is 12.7 Å². The molecule has 134 valence electrons. The summed E-state index contributed by atoms with van der Waals surface area (Å²) in [6, 6.07) is 9.58. The summed E-state index contributed by atoms with van der Waals surface area (Å²) < 4.78 is 5.39. The predicted molar refractivity (Wildman–Crippen MR) is 97.7 cm³/mol. The zero-order chi connectivity index (χ0) is 18.0. The maximum absolute atomic E-state index is 12.4. The van der Waals surface area contributed by atoms with Gasteiger partial charge in [0.15, 0.2) is 0 Å². The number of carbonyl (C=O) groups is 1. The van der Waals surface area contributed by atoms with Crippen LogP contribution >= 0.6 is 0 Å². The number of nitrogens with one attached hydrogen (secondary N) is 1. The van der Waals surface area contributed by atoms with Crippen molar-refractivity contribution in [3.05, 3.63) is 48.0 Å². The molecule has 0 bridgehead atoms. The third-order valence-corrected chi connectivity index (χ3v) is 3.84. The fraction of sp³-hybridized carbons (Fsp3) is 0.550. The smallest absolute Gasteiger partial charge is 0.323 e. The lowest BCUT2D eigenvalue weighted by molar-refractivity contribution is -0.146. The van der Waals surface area contributed by atoms with E-state index in [2.05, 4.69) is 12.2 Å². The Balaban J connectivity index is 2.81. The first-order valence-electron chi connectivity index (χ1n) is 8.71. The quantitative estimate of drug-likeness (QED) is 0.390. The zero-order valence-corrected chi connectivity index (χ0v) is 15.3. The van der Waals surface area contributed by atoms with E-state index in [1.807, 2.05) is 50.3 Å². The number of ether oxygens (including phenoxy) is 1. The Morgan fingerprint density at radius 2 is 2.00 bits per heavy atom. The molecule has 0 heterocycles. The van der Waals surface area contributed by atoms with E-state index in [1.165, 1.54) is 0 Å². The SMILES string of the molecule is CCCCOC(=O)[C@H](C/C=C/[C@H](C)O)NC(C)(C)c1ccccc1. The predicted octanol–water partition coefficient (Wildman–Crippen LogP) is 3.55. The van der Waals surface area contributed by atoms with Gasteiger partial charge in [-0.1, -0.05) is 55.8 Å². The van der Waals surface area contributed by atoms with Crippen molar-refractivity contribution in [2.24, 2.45) is 0 Å². The lowest BCUT2D eigenvalue weighted by atomic mass is 9.93. The lowest BCUT2D eigenvalue weighted by Crippen LogP contribution is -2.48. The third kappa shape index (κ3) is 7.28. The van der Waals surface area contributed by atoms with Gasteiger partial charge in [-0.25, -0.2) is 0 Å². The number of aliphatic hydroxyl groups excluding tert-OH is 1. The third-order valence-electron chi connectivity index (χ3n) is 3.84. The summed E-state index contributed by atoms with van der Waals surface area (Å²) in [7, 11) is 0. The van der Waals surface area contributed by atoms with Crippen molar-refractivity contribution in [1.82, 2.24) is 5.32 Å². The molecule has 4 nitrogen and oxygen atoms in total. The van der Waals surface area contributed by atoms with Crippen LogP contribution < -0.4 is 5.32 Å². The second-order valence-electron chi connectivity index (χ2n) is 6.61. The molecule has 1 aromatic carbocycles. The summed E-state index contributed by atoms with van der Waals surface area (Å²) in [4.78, 5) is 12.4. The molecule has 24 heavy (non-hydrogen) atoms. The van der Waals surface area contributed by atoms with E-state index in [-0.39, 0.29) is 11.5 Å². The van der Waals surface area contributed by atoms with Crippen molar-refractivity contribution < 1.29 is 14.6 Å². The highest BCUT2D eigenvalue weighted by Crippen LogP contribution is 2.21. The zero-order valence-electron chi connectivity index (χ0n) is 15.3. The molecule has 0 spiro atoms. The first-order chi connectivity index (χ1) is 11.4. The standard InChI is InChI=1S/C20H31NO3/c1-5-6-15-24-19(23)18(14-10-11-16(2)22)21-20(3,4)17-12-8-7-9-13-17/h7-13,16,18,21-22H,5-6,14-15H2,1-4H3/b11-10+/t16-,18-/m0/s1. The highest BCUT2D eigenvalue weighted by Gasteiger charge is 2.28. The van der Waals surface area contributed by atoms with Crippen LogP contribution in [0.4, 0.5) is 0 Å². The average Bonchev–Trinajstić information content (AvgIpc) is 2.54. The van der Waals surface area contributed by atoms with Gasteiger partial charge < -0.3 is 9.84 Å². The van der Waals surface area contributed by atoms with E-state index in [1.54, 1.807) is 13.0 Å². The molecule has 2 atom stereocenters. The maximum Gasteiger partial charge on any atom is 0.323 e. The molecule has 0 saturated carbocycles. The van der Waals surface area contributed by atoms with Crippen molar-refractivity contribution in [1.29, 1.82) is 0 Å². The number of unbranched alkanes of at least 4 members (excludes halogenated alkanes) is 1. The Morgan fingerprint density at radius 1 is 1.33 bits per heavy atom. The number of hydrogen-bond acceptors (Lipinski definition) is 4. The topological polar surface area (TPSA) is 58.6 Å². The molecule has 1 rings (SSSR count). The van der Waals surface area contributed by atoms with Gasteiger partial charge in [0, 0.05) is 5.54 Å². The second-order valence-corrected chi connectivity index (χ2v) is 6.61. The van der Waals surface area contributed by atoms with Crippen LogP contribution in [0.5, 0.6) is 0 Å². The van der Waals surface area contributed by atoms with Crippen LogP contribution in [0.2, 0.25) is 0 Å². The molecule has 0 aliphatic carbocycles. The Morgan fingerprint density at radius 3 is 2.58 bits per heavy atom. The Kier molecular flexibility index (Phi) is 8.72. The maximum atomic E-state index is 12.4. The molecule has 0 radical (unpaired) electrons. The molecule has 0 aromatic heterocycles. The van der Waals surface area contributed by atoms with Gasteiger partial charge in [-0.3, -0.25) is 10.1 Å². The molecule has 1 aromatic rings. The summed E-state index contributed by atoms with van der Waals surface area (Å²) in [6.07, 6.45) is 5.32. The van der Waals surface area contributed by atoms with E-state index in [0.29, 0.717) is 13.0 Å². The van der Waals surface area contributed by atoms with Gasteiger partial charge in [0.1, 0.15) is 6.04 Å². The fourth-order valence-electron chi connectivity index (χ4n) is 2.42. The molecule has 4 heteroatoms. The Bertz CT molecular complexity index is 509. The number of rotatable bonds is 10. The van der Waals surface area contributed by atoms with Crippen molar-refractivity contribution in [3.8, 4) is 0 Å². The first kappa shape index (κ1) is 20.4. The van der Waals surface area contributed by atoms with Crippen LogP contribution in [0.15, 0.2) is 42.5 Å². The van der Waals surface area contributed by atoms with Gasteiger partial charge >= 0.3 is 5.97 Å². The molecule has 0 amide bonds. The summed E-state index contributed by atoms with van der Waals surface area (Å²) in [5.74, 6) is -0.248. The van der Waals surface area contributed by atoms with Gasteiger partial charge in [-0.2, -0.15) is 0 Å². The lowest BCUT2D eigenvalue weighted by Gasteiger charge is -2.31. The summed E-state index contributed by atoms with van der Waals surface area (Å²) >= 11 is 0. The molecule has 0 fully saturated rings. The molecule has 0 aliphatic heterocycles. The van der Waals surface area contributed by atoms with Crippen LogP contribution in [0.25, 0.3) is 0 Å². The van der Waals surface area contributed by atoms with Crippen LogP contribution in [0.3, 0.4) is 0 Å². The number of benzene rings is 1. The van der Waals surface area contributed by atoms with E-state index >= 15 is 0 Å². The average molecular weight is 333 g/mol. The van der Waals surface area contributed by atoms with Crippen molar-refractivity contribution in [3.63, 3.8) is 0 Å². The van der Waals surface area contributed by atoms with Gasteiger partial charge in [-0.05, 0) is 39.2 Å². The Hall–Kier alpha value is -1.65. The second kappa shape index (κ2) is 10.3. The fourth-order valence-corrected chi connectivity index (χ4v) is 2.42. The minimum atomic E-state index is -0.524. The molecule has 0 saturated heterocycles. The highest BCUT2D eigenvalue weighted by atomic mass is 16.5.